The number of benzene rings is 2. The Morgan fingerprint density at radius 1 is 0.926 bits per heavy atom. The Morgan fingerprint density at radius 2 is 1.59 bits per heavy atom. The summed E-state index contributed by atoms with van der Waals surface area (Å²) in [6.07, 6.45) is 1.27. The Bertz CT molecular complexity index is 943. The number of nitrogens with one attached hydrogen (secondary N) is 2. The molecule has 2 aromatic carbocycles. The fraction of sp³-hybridized carbons (Fsp3) is 0.0526. The van der Waals surface area contributed by atoms with Crippen LogP contribution in [0.15, 0.2) is 54.1 Å². The second-order valence-electron chi connectivity index (χ2n) is 5.46. The van der Waals surface area contributed by atoms with Crippen LogP contribution in [-0.2, 0) is 9.59 Å². The molecule has 1 aliphatic rings. The summed E-state index contributed by atoms with van der Waals surface area (Å²) in [7, 11) is 1.42. The van der Waals surface area contributed by atoms with Crippen molar-refractivity contribution in [1.29, 1.82) is 0 Å². The van der Waals surface area contributed by atoms with Gasteiger partial charge in [-0.05, 0) is 35.9 Å². The standard InChI is InChI=1S/C19H14N2O6/c1-26-14-8-7-11(9-13-16(22)20-19(25)21-17(13)23)10-15(14)27-18(24)12-5-3-2-4-6-12/h2-10H,1H3,(H2,20,21,22,23,25). The summed E-state index contributed by atoms with van der Waals surface area (Å²) < 4.78 is 10.6. The molecular weight excluding hydrogens is 352 g/mol. The molecule has 1 aliphatic heterocycles. The van der Waals surface area contributed by atoms with Gasteiger partial charge in [-0.25, -0.2) is 9.59 Å². The van der Waals surface area contributed by atoms with Gasteiger partial charge >= 0.3 is 12.0 Å². The quantitative estimate of drug-likeness (QED) is 0.369. The minimum atomic E-state index is -0.880. The van der Waals surface area contributed by atoms with Gasteiger partial charge in [-0.2, -0.15) is 0 Å². The number of imide groups is 2. The van der Waals surface area contributed by atoms with Gasteiger partial charge in [0.05, 0.1) is 12.7 Å². The molecule has 0 aliphatic carbocycles. The molecule has 4 amide bonds. The van der Waals surface area contributed by atoms with Crippen molar-refractivity contribution in [1.82, 2.24) is 10.6 Å². The molecule has 0 aromatic heterocycles. The van der Waals surface area contributed by atoms with E-state index >= 15 is 0 Å². The Morgan fingerprint density at radius 3 is 2.22 bits per heavy atom. The first-order valence-corrected chi connectivity index (χ1v) is 7.81. The van der Waals surface area contributed by atoms with Crippen LogP contribution in [0, 0.1) is 0 Å². The van der Waals surface area contributed by atoms with Crippen LogP contribution in [0.4, 0.5) is 4.79 Å². The van der Waals surface area contributed by atoms with Gasteiger partial charge in [0.15, 0.2) is 11.5 Å². The van der Waals surface area contributed by atoms with Gasteiger partial charge < -0.3 is 9.47 Å². The third-order valence-electron chi connectivity index (χ3n) is 3.65. The summed E-state index contributed by atoms with van der Waals surface area (Å²) in [5, 5.41) is 3.97. The molecular formula is C19H14N2O6. The maximum absolute atomic E-state index is 12.3. The molecule has 3 rings (SSSR count). The van der Waals surface area contributed by atoms with Crippen LogP contribution in [-0.4, -0.2) is 30.9 Å². The SMILES string of the molecule is COc1ccc(C=C2C(=O)NC(=O)NC2=O)cc1OC(=O)c1ccccc1. The van der Waals surface area contributed by atoms with E-state index in [-0.39, 0.29) is 11.3 Å². The summed E-state index contributed by atoms with van der Waals surface area (Å²) in [6, 6.07) is 12.1. The highest BCUT2D eigenvalue weighted by atomic mass is 16.6. The largest absolute Gasteiger partial charge is 0.493 e. The summed E-state index contributed by atoms with van der Waals surface area (Å²) in [5.41, 5.74) is 0.509. The van der Waals surface area contributed by atoms with Crippen LogP contribution < -0.4 is 20.1 Å². The number of barbiturate groups is 1. The maximum Gasteiger partial charge on any atom is 0.343 e. The molecule has 0 saturated carbocycles. The molecule has 2 aromatic rings. The minimum absolute atomic E-state index is 0.119. The summed E-state index contributed by atoms with van der Waals surface area (Å²) in [5.74, 6) is -1.80. The first-order valence-electron chi connectivity index (χ1n) is 7.81. The first kappa shape index (κ1) is 17.9. The maximum atomic E-state index is 12.3. The van der Waals surface area contributed by atoms with E-state index in [9.17, 15) is 19.2 Å². The van der Waals surface area contributed by atoms with Crippen molar-refractivity contribution < 1.29 is 28.7 Å². The molecule has 1 heterocycles. The van der Waals surface area contributed by atoms with E-state index in [1.807, 2.05) is 10.6 Å². The zero-order chi connectivity index (χ0) is 19.4. The number of urea groups is 1. The first-order chi connectivity index (χ1) is 13.0. The van der Waals surface area contributed by atoms with Gasteiger partial charge in [0.1, 0.15) is 5.57 Å². The van der Waals surface area contributed by atoms with E-state index in [1.165, 1.54) is 25.3 Å². The number of carbonyl (C=O) groups excluding carboxylic acids is 4. The summed E-state index contributed by atoms with van der Waals surface area (Å²) in [6.45, 7) is 0. The molecule has 2 N–H and O–H groups in total. The van der Waals surface area contributed by atoms with E-state index < -0.39 is 23.8 Å². The predicted octanol–water partition coefficient (Wildman–Crippen LogP) is 1.66. The number of esters is 1. The van der Waals surface area contributed by atoms with Gasteiger partial charge in [-0.15, -0.1) is 0 Å². The molecule has 0 bridgehead atoms. The summed E-state index contributed by atoms with van der Waals surface area (Å²) in [4.78, 5) is 47.0. The number of amides is 4. The molecule has 8 nitrogen and oxygen atoms in total. The Kier molecular flexibility index (Phi) is 4.98. The number of hydrogen-bond acceptors (Lipinski definition) is 6. The van der Waals surface area contributed by atoms with Crippen molar-refractivity contribution in [2.45, 2.75) is 0 Å². The highest BCUT2D eigenvalue weighted by molar-refractivity contribution is 6.31. The van der Waals surface area contributed by atoms with Crippen LogP contribution in [0.25, 0.3) is 6.08 Å². The smallest absolute Gasteiger partial charge is 0.343 e. The number of methoxy groups -OCH3 is 1. The number of hydrogen-bond donors (Lipinski definition) is 2. The van der Waals surface area contributed by atoms with Crippen molar-refractivity contribution in [2.75, 3.05) is 7.11 Å². The topological polar surface area (TPSA) is 111 Å². The van der Waals surface area contributed by atoms with E-state index in [0.29, 0.717) is 16.9 Å². The van der Waals surface area contributed by atoms with Crippen molar-refractivity contribution in [3.05, 3.63) is 65.2 Å². The highest BCUT2D eigenvalue weighted by Crippen LogP contribution is 2.30. The van der Waals surface area contributed by atoms with Gasteiger partial charge in [-0.1, -0.05) is 24.3 Å². The van der Waals surface area contributed by atoms with Crippen LogP contribution in [0.3, 0.4) is 0 Å². The zero-order valence-electron chi connectivity index (χ0n) is 14.1. The van der Waals surface area contributed by atoms with Gasteiger partial charge in [0, 0.05) is 0 Å². The molecule has 0 atom stereocenters. The average molecular weight is 366 g/mol. The Hall–Kier alpha value is -3.94. The van der Waals surface area contributed by atoms with Crippen LogP contribution in [0.5, 0.6) is 11.5 Å². The molecule has 136 valence electrons. The third kappa shape index (κ3) is 4.01. The normalized spacial score (nSPS) is 13.5. The van der Waals surface area contributed by atoms with Crippen LogP contribution in [0.2, 0.25) is 0 Å². The molecule has 1 saturated heterocycles. The lowest BCUT2D eigenvalue weighted by atomic mass is 10.1. The number of carbonyl (C=O) groups is 4. The number of ether oxygens (including phenoxy) is 2. The highest BCUT2D eigenvalue weighted by Gasteiger charge is 2.27. The van der Waals surface area contributed by atoms with Gasteiger partial charge in [0.25, 0.3) is 11.8 Å². The van der Waals surface area contributed by atoms with E-state index in [1.54, 1.807) is 36.4 Å². The lowest BCUT2D eigenvalue weighted by molar-refractivity contribution is -0.123. The predicted molar refractivity (Wildman–Crippen MR) is 94.1 cm³/mol. The van der Waals surface area contributed by atoms with Gasteiger partial charge in [-0.3, -0.25) is 20.2 Å². The second-order valence-corrected chi connectivity index (χ2v) is 5.46. The van der Waals surface area contributed by atoms with Crippen LogP contribution in [0.1, 0.15) is 15.9 Å². The average Bonchev–Trinajstić information content (AvgIpc) is 2.65. The third-order valence-corrected chi connectivity index (χ3v) is 3.65. The van der Waals surface area contributed by atoms with Crippen molar-refractivity contribution in [2.24, 2.45) is 0 Å². The van der Waals surface area contributed by atoms with E-state index in [4.69, 9.17) is 9.47 Å². The Balaban J connectivity index is 1.91. The lowest BCUT2D eigenvalue weighted by Gasteiger charge is -2.14. The molecule has 0 spiro atoms. The Labute approximate surface area is 153 Å². The van der Waals surface area contributed by atoms with Crippen molar-refractivity contribution in [3.8, 4) is 11.5 Å². The summed E-state index contributed by atoms with van der Waals surface area (Å²) >= 11 is 0. The molecule has 27 heavy (non-hydrogen) atoms. The lowest BCUT2D eigenvalue weighted by Crippen LogP contribution is -2.51. The number of rotatable bonds is 4. The van der Waals surface area contributed by atoms with Gasteiger partial charge in [0.2, 0.25) is 0 Å². The second kappa shape index (κ2) is 7.52. The van der Waals surface area contributed by atoms with E-state index in [0.717, 1.165) is 0 Å². The monoisotopic (exact) mass is 366 g/mol. The molecule has 1 fully saturated rings. The van der Waals surface area contributed by atoms with Crippen molar-refractivity contribution in [3.63, 3.8) is 0 Å². The minimum Gasteiger partial charge on any atom is -0.493 e. The molecule has 8 heteroatoms. The zero-order valence-corrected chi connectivity index (χ0v) is 14.1. The molecule has 0 unspecified atom stereocenters. The van der Waals surface area contributed by atoms with Crippen molar-refractivity contribution >= 4 is 29.9 Å². The van der Waals surface area contributed by atoms with E-state index in [2.05, 4.69) is 0 Å². The fourth-order valence-electron chi connectivity index (χ4n) is 2.37. The molecule has 0 radical (unpaired) electrons. The fourth-order valence-corrected chi connectivity index (χ4v) is 2.37. The van der Waals surface area contributed by atoms with Crippen LogP contribution >= 0.6 is 0 Å².